The third kappa shape index (κ3) is 2.66. The Morgan fingerprint density at radius 3 is 1.94 bits per heavy atom. The van der Waals surface area contributed by atoms with Gasteiger partial charge in [-0.1, -0.05) is 63.4 Å². The Bertz CT molecular complexity index is 288. The second-order valence-electron chi connectivity index (χ2n) is 4.71. The molecule has 16 heavy (non-hydrogen) atoms. The minimum atomic E-state index is 0.522. The van der Waals surface area contributed by atoms with Gasteiger partial charge in [0.25, 0.3) is 0 Å². The molecule has 0 bridgehead atoms. The topological polar surface area (TPSA) is 0 Å². The van der Waals surface area contributed by atoms with Gasteiger partial charge in [0.05, 0.1) is 0 Å². The molecule has 0 heteroatoms. The minimum Gasteiger partial charge on any atom is -0.0683 e. The average molecular weight is 218 g/mol. The van der Waals surface area contributed by atoms with Crippen molar-refractivity contribution in [2.75, 3.05) is 0 Å². The molecular formula is C16H26. The van der Waals surface area contributed by atoms with Gasteiger partial charge in [-0.3, -0.25) is 0 Å². The summed E-state index contributed by atoms with van der Waals surface area (Å²) >= 11 is 0. The molecule has 1 aliphatic carbocycles. The van der Waals surface area contributed by atoms with Crippen LogP contribution in [0.3, 0.4) is 0 Å². The smallest absolute Gasteiger partial charge is 0.00496 e. The standard InChI is InChI=1S/C14H20.C2H6/c1-3-14(10-4-5-11-14)13-8-6-12(2)7-9-13;1-2/h6-9H,3-5,10-11H2,1-2H3;1-2H3. The zero-order valence-corrected chi connectivity index (χ0v) is 11.3. The monoisotopic (exact) mass is 218 g/mol. The molecule has 0 nitrogen and oxygen atoms in total. The third-order valence-corrected chi connectivity index (χ3v) is 3.90. The Morgan fingerprint density at radius 2 is 1.50 bits per heavy atom. The molecule has 0 unspecified atom stereocenters. The molecule has 0 aliphatic heterocycles. The Kier molecular flexibility index (Phi) is 5.05. The van der Waals surface area contributed by atoms with Crippen LogP contribution in [0, 0.1) is 6.92 Å². The predicted molar refractivity (Wildman–Crippen MR) is 73.0 cm³/mol. The summed E-state index contributed by atoms with van der Waals surface area (Å²) < 4.78 is 0. The van der Waals surface area contributed by atoms with Gasteiger partial charge < -0.3 is 0 Å². The van der Waals surface area contributed by atoms with E-state index in [-0.39, 0.29) is 0 Å². The van der Waals surface area contributed by atoms with E-state index in [0.29, 0.717) is 5.41 Å². The van der Waals surface area contributed by atoms with Gasteiger partial charge >= 0.3 is 0 Å². The first-order chi connectivity index (χ1) is 7.77. The maximum atomic E-state index is 2.34. The Hall–Kier alpha value is -0.780. The Labute approximate surface area is 101 Å². The van der Waals surface area contributed by atoms with E-state index >= 15 is 0 Å². The van der Waals surface area contributed by atoms with Crippen LogP contribution in [0.4, 0.5) is 0 Å². The lowest BCUT2D eigenvalue weighted by molar-refractivity contribution is 0.425. The van der Waals surface area contributed by atoms with Gasteiger partial charge in [0, 0.05) is 0 Å². The summed E-state index contributed by atoms with van der Waals surface area (Å²) in [5.74, 6) is 0. The van der Waals surface area contributed by atoms with E-state index in [4.69, 9.17) is 0 Å². The molecule has 90 valence electrons. The maximum Gasteiger partial charge on any atom is -0.00496 e. The quantitative estimate of drug-likeness (QED) is 0.636. The first kappa shape index (κ1) is 13.3. The summed E-state index contributed by atoms with van der Waals surface area (Å²) in [5, 5.41) is 0. The molecule has 1 aromatic rings. The predicted octanol–water partition coefficient (Wildman–Crippen LogP) is 5.24. The SMILES string of the molecule is CC.CCC1(c2ccc(C)cc2)CCCC1. The van der Waals surface area contributed by atoms with Crippen LogP contribution in [0.1, 0.15) is 64.0 Å². The number of rotatable bonds is 2. The third-order valence-electron chi connectivity index (χ3n) is 3.90. The lowest BCUT2D eigenvalue weighted by Crippen LogP contribution is -2.20. The summed E-state index contributed by atoms with van der Waals surface area (Å²) in [7, 11) is 0. The second kappa shape index (κ2) is 6.08. The lowest BCUT2D eigenvalue weighted by atomic mass is 9.76. The van der Waals surface area contributed by atoms with Crippen molar-refractivity contribution >= 4 is 0 Å². The van der Waals surface area contributed by atoms with Crippen LogP contribution in [0.25, 0.3) is 0 Å². The highest BCUT2D eigenvalue weighted by Gasteiger charge is 2.33. The highest BCUT2D eigenvalue weighted by atomic mass is 14.4. The molecule has 2 rings (SSSR count). The van der Waals surface area contributed by atoms with Crippen molar-refractivity contribution in [3.63, 3.8) is 0 Å². The molecule has 0 amide bonds. The van der Waals surface area contributed by atoms with Crippen molar-refractivity contribution in [3.8, 4) is 0 Å². The van der Waals surface area contributed by atoms with Crippen LogP contribution in [0.2, 0.25) is 0 Å². The fourth-order valence-electron chi connectivity index (χ4n) is 2.81. The first-order valence-electron chi connectivity index (χ1n) is 6.84. The van der Waals surface area contributed by atoms with Crippen molar-refractivity contribution in [3.05, 3.63) is 35.4 Å². The highest BCUT2D eigenvalue weighted by molar-refractivity contribution is 5.29. The van der Waals surface area contributed by atoms with Crippen molar-refractivity contribution in [2.24, 2.45) is 0 Å². The van der Waals surface area contributed by atoms with Gasteiger partial charge in [-0.15, -0.1) is 0 Å². The van der Waals surface area contributed by atoms with E-state index in [1.165, 1.54) is 37.7 Å². The normalized spacial score (nSPS) is 17.8. The lowest BCUT2D eigenvalue weighted by Gasteiger charge is -2.28. The number of benzene rings is 1. The average Bonchev–Trinajstić information content (AvgIpc) is 2.82. The Balaban J connectivity index is 0.000000606. The van der Waals surface area contributed by atoms with Crippen LogP contribution in [0.15, 0.2) is 24.3 Å². The van der Waals surface area contributed by atoms with Crippen molar-refractivity contribution in [2.45, 2.75) is 65.2 Å². The molecule has 0 aromatic heterocycles. The number of hydrogen-bond acceptors (Lipinski definition) is 0. The molecule has 0 radical (unpaired) electrons. The van der Waals surface area contributed by atoms with Crippen molar-refractivity contribution in [1.82, 2.24) is 0 Å². The van der Waals surface area contributed by atoms with Crippen LogP contribution < -0.4 is 0 Å². The van der Waals surface area contributed by atoms with E-state index in [9.17, 15) is 0 Å². The second-order valence-corrected chi connectivity index (χ2v) is 4.71. The summed E-state index contributed by atoms with van der Waals surface area (Å²) in [6.07, 6.45) is 6.93. The van der Waals surface area contributed by atoms with Crippen molar-refractivity contribution in [1.29, 1.82) is 0 Å². The van der Waals surface area contributed by atoms with Gasteiger partial charge in [0.15, 0.2) is 0 Å². The first-order valence-corrected chi connectivity index (χ1v) is 6.84. The van der Waals surface area contributed by atoms with E-state index in [1.54, 1.807) is 5.56 Å². The van der Waals surface area contributed by atoms with Gasteiger partial charge in [-0.05, 0) is 37.2 Å². The van der Waals surface area contributed by atoms with Gasteiger partial charge in [0.2, 0.25) is 0 Å². The van der Waals surface area contributed by atoms with E-state index < -0.39 is 0 Å². The molecule has 0 atom stereocenters. The van der Waals surface area contributed by atoms with Crippen molar-refractivity contribution < 1.29 is 0 Å². The summed E-state index contributed by atoms with van der Waals surface area (Å²) in [4.78, 5) is 0. The minimum absolute atomic E-state index is 0.522. The highest BCUT2D eigenvalue weighted by Crippen LogP contribution is 2.43. The fraction of sp³-hybridized carbons (Fsp3) is 0.625. The summed E-state index contributed by atoms with van der Waals surface area (Å²) in [6.45, 7) is 8.50. The summed E-state index contributed by atoms with van der Waals surface area (Å²) in [5.41, 5.74) is 3.47. The van der Waals surface area contributed by atoms with Gasteiger partial charge in [-0.25, -0.2) is 0 Å². The van der Waals surface area contributed by atoms with Crippen LogP contribution in [0.5, 0.6) is 0 Å². The van der Waals surface area contributed by atoms with E-state index in [1.807, 2.05) is 13.8 Å². The van der Waals surface area contributed by atoms with Gasteiger partial charge in [-0.2, -0.15) is 0 Å². The fourth-order valence-corrected chi connectivity index (χ4v) is 2.81. The Morgan fingerprint density at radius 1 is 1.00 bits per heavy atom. The number of hydrogen-bond donors (Lipinski definition) is 0. The van der Waals surface area contributed by atoms with Crippen LogP contribution in [-0.4, -0.2) is 0 Å². The molecule has 1 aromatic carbocycles. The van der Waals surface area contributed by atoms with E-state index in [0.717, 1.165) is 0 Å². The maximum absolute atomic E-state index is 2.34. The molecule has 0 N–H and O–H groups in total. The molecule has 1 fully saturated rings. The van der Waals surface area contributed by atoms with Gasteiger partial charge in [0.1, 0.15) is 0 Å². The van der Waals surface area contributed by atoms with Crippen LogP contribution >= 0.6 is 0 Å². The molecule has 0 heterocycles. The molecule has 1 aliphatic rings. The van der Waals surface area contributed by atoms with E-state index in [2.05, 4.69) is 38.1 Å². The summed E-state index contributed by atoms with van der Waals surface area (Å²) in [6, 6.07) is 9.18. The number of aryl methyl sites for hydroxylation is 1. The largest absolute Gasteiger partial charge is 0.0683 e. The molecule has 1 saturated carbocycles. The molecule has 0 spiro atoms. The van der Waals surface area contributed by atoms with Crippen LogP contribution in [-0.2, 0) is 5.41 Å². The zero-order chi connectivity index (χ0) is 12.0. The molecule has 0 saturated heterocycles. The molecular weight excluding hydrogens is 192 g/mol. The zero-order valence-electron chi connectivity index (χ0n) is 11.3.